The van der Waals surface area contributed by atoms with Crippen molar-refractivity contribution in [2.24, 2.45) is 11.8 Å². The zero-order chi connectivity index (χ0) is 14.4. The molecular formula is C15H26N2O3. The summed E-state index contributed by atoms with van der Waals surface area (Å²) in [5.41, 5.74) is 0. The standard InChI is InChI=1S/C15H26N2O3/c18-14(11-17-8-2-1-3-9-17)16-10-12-4-6-13(7-5-12)15(19)20/h12-13H,1-11H2,(H,16,18)(H,19,20). The molecule has 1 aliphatic carbocycles. The van der Waals surface area contributed by atoms with Crippen molar-refractivity contribution in [3.05, 3.63) is 0 Å². The van der Waals surface area contributed by atoms with Crippen LogP contribution < -0.4 is 5.32 Å². The van der Waals surface area contributed by atoms with Crippen molar-refractivity contribution in [2.45, 2.75) is 44.9 Å². The third-order valence-electron chi connectivity index (χ3n) is 4.60. The molecule has 1 saturated carbocycles. The minimum atomic E-state index is -0.669. The molecule has 5 heteroatoms. The predicted octanol–water partition coefficient (Wildman–Crippen LogP) is 1.48. The molecule has 20 heavy (non-hydrogen) atoms. The monoisotopic (exact) mass is 282 g/mol. The largest absolute Gasteiger partial charge is 0.481 e. The SMILES string of the molecule is O=C(CN1CCCCC1)NCC1CCC(C(=O)O)CC1. The van der Waals surface area contributed by atoms with Gasteiger partial charge in [0.2, 0.25) is 5.91 Å². The first-order valence-corrected chi connectivity index (χ1v) is 7.87. The van der Waals surface area contributed by atoms with E-state index in [0.29, 0.717) is 19.0 Å². The van der Waals surface area contributed by atoms with Gasteiger partial charge in [-0.1, -0.05) is 6.42 Å². The molecule has 0 aromatic heterocycles. The summed E-state index contributed by atoms with van der Waals surface area (Å²) < 4.78 is 0. The van der Waals surface area contributed by atoms with Gasteiger partial charge in [-0.3, -0.25) is 14.5 Å². The van der Waals surface area contributed by atoms with Gasteiger partial charge in [0, 0.05) is 6.54 Å². The molecule has 114 valence electrons. The fourth-order valence-electron chi connectivity index (χ4n) is 3.25. The first-order chi connectivity index (χ1) is 9.65. The molecule has 0 atom stereocenters. The van der Waals surface area contributed by atoms with Crippen molar-refractivity contribution < 1.29 is 14.7 Å². The molecule has 1 aliphatic heterocycles. The highest BCUT2D eigenvalue weighted by atomic mass is 16.4. The maximum absolute atomic E-state index is 11.9. The van der Waals surface area contributed by atoms with Gasteiger partial charge in [0.05, 0.1) is 12.5 Å². The second-order valence-corrected chi connectivity index (χ2v) is 6.20. The van der Waals surface area contributed by atoms with E-state index in [1.807, 2.05) is 0 Å². The summed E-state index contributed by atoms with van der Waals surface area (Å²) in [6.07, 6.45) is 7.02. The Hall–Kier alpha value is -1.10. The van der Waals surface area contributed by atoms with Crippen LogP contribution in [0.1, 0.15) is 44.9 Å². The second-order valence-electron chi connectivity index (χ2n) is 6.20. The fourth-order valence-corrected chi connectivity index (χ4v) is 3.25. The Morgan fingerprint density at radius 3 is 2.30 bits per heavy atom. The summed E-state index contributed by atoms with van der Waals surface area (Å²) in [4.78, 5) is 25.0. The van der Waals surface area contributed by atoms with Crippen LogP contribution in [-0.4, -0.2) is 48.1 Å². The topological polar surface area (TPSA) is 69.6 Å². The van der Waals surface area contributed by atoms with E-state index in [1.165, 1.54) is 19.3 Å². The highest BCUT2D eigenvalue weighted by Crippen LogP contribution is 2.28. The molecule has 0 unspecified atom stereocenters. The van der Waals surface area contributed by atoms with Gasteiger partial charge in [-0.25, -0.2) is 0 Å². The molecule has 2 fully saturated rings. The molecule has 2 N–H and O–H groups in total. The second kappa shape index (κ2) is 7.62. The lowest BCUT2D eigenvalue weighted by atomic mass is 9.82. The van der Waals surface area contributed by atoms with Crippen molar-refractivity contribution >= 4 is 11.9 Å². The van der Waals surface area contributed by atoms with E-state index in [4.69, 9.17) is 5.11 Å². The number of aliphatic carboxylic acids is 1. The minimum Gasteiger partial charge on any atom is -0.481 e. The average molecular weight is 282 g/mol. The van der Waals surface area contributed by atoms with E-state index in [1.54, 1.807) is 0 Å². The summed E-state index contributed by atoms with van der Waals surface area (Å²) in [5.74, 6) is -0.268. The Kier molecular flexibility index (Phi) is 5.83. The Balaban J connectivity index is 1.60. The number of carboxylic acid groups (broad SMARTS) is 1. The van der Waals surface area contributed by atoms with Gasteiger partial charge in [-0.15, -0.1) is 0 Å². The molecule has 0 aromatic rings. The summed E-state index contributed by atoms with van der Waals surface area (Å²) >= 11 is 0. The molecule has 0 bridgehead atoms. The molecule has 0 aromatic carbocycles. The number of hydrogen-bond donors (Lipinski definition) is 2. The lowest BCUT2D eigenvalue weighted by Gasteiger charge is -2.28. The van der Waals surface area contributed by atoms with Crippen molar-refractivity contribution in [3.63, 3.8) is 0 Å². The molecule has 2 aliphatic rings. The van der Waals surface area contributed by atoms with E-state index in [0.717, 1.165) is 38.8 Å². The molecule has 1 amide bonds. The van der Waals surface area contributed by atoms with Crippen molar-refractivity contribution in [2.75, 3.05) is 26.2 Å². The van der Waals surface area contributed by atoms with Gasteiger partial charge >= 0.3 is 5.97 Å². The van der Waals surface area contributed by atoms with Crippen molar-refractivity contribution in [1.82, 2.24) is 10.2 Å². The molecular weight excluding hydrogens is 256 g/mol. The van der Waals surface area contributed by atoms with Gasteiger partial charge < -0.3 is 10.4 Å². The van der Waals surface area contributed by atoms with Gasteiger partial charge in [0.15, 0.2) is 0 Å². The van der Waals surface area contributed by atoms with Crippen LogP contribution >= 0.6 is 0 Å². The Labute approximate surface area is 120 Å². The van der Waals surface area contributed by atoms with Crippen LogP contribution in [0.2, 0.25) is 0 Å². The fraction of sp³-hybridized carbons (Fsp3) is 0.867. The third-order valence-corrected chi connectivity index (χ3v) is 4.60. The number of carbonyl (C=O) groups excluding carboxylic acids is 1. The van der Waals surface area contributed by atoms with Crippen LogP contribution in [0.3, 0.4) is 0 Å². The van der Waals surface area contributed by atoms with Crippen LogP contribution in [0.25, 0.3) is 0 Å². The molecule has 1 heterocycles. The number of carboxylic acids is 1. The number of likely N-dealkylation sites (tertiary alicyclic amines) is 1. The minimum absolute atomic E-state index is 0.118. The number of piperidine rings is 1. The zero-order valence-electron chi connectivity index (χ0n) is 12.1. The highest BCUT2D eigenvalue weighted by Gasteiger charge is 2.26. The highest BCUT2D eigenvalue weighted by molar-refractivity contribution is 5.78. The number of carbonyl (C=O) groups is 2. The number of hydrogen-bond acceptors (Lipinski definition) is 3. The third kappa shape index (κ3) is 4.78. The maximum atomic E-state index is 11.9. The van der Waals surface area contributed by atoms with Crippen LogP contribution in [0.15, 0.2) is 0 Å². The molecule has 2 rings (SSSR count). The van der Waals surface area contributed by atoms with Gasteiger partial charge in [0.1, 0.15) is 0 Å². The Morgan fingerprint density at radius 1 is 1.05 bits per heavy atom. The lowest BCUT2D eigenvalue weighted by Crippen LogP contribution is -2.41. The first kappa shape index (κ1) is 15.3. The predicted molar refractivity (Wildman–Crippen MR) is 76.4 cm³/mol. The van der Waals surface area contributed by atoms with Crippen LogP contribution in [-0.2, 0) is 9.59 Å². The van der Waals surface area contributed by atoms with Gasteiger partial charge in [-0.05, 0) is 57.5 Å². The molecule has 0 radical (unpaired) electrons. The quantitative estimate of drug-likeness (QED) is 0.801. The lowest BCUT2D eigenvalue weighted by molar-refractivity contribution is -0.143. The zero-order valence-corrected chi connectivity index (χ0v) is 12.1. The smallest absolute Gasteiger partial charge is 0.306 e. The normalized spacial score (nSPS) is 28.0. The average Bonchev–Trinajstić information content (AvgIpc) is 2.46. The Bertz CT molecular complexity index is 332. The van der Waals surface area contributed by atoms with Crippen LogP contribution in [0.4, 0.5) is 0 Å². The van der Waals surface area contributed by atoms with Gasteiger partial charge in [0.25, 0.3) is 0 Å². The van der Waals surface area contributed by atoms with Crippen LogP contribution in [0, 0.1) is 11.8 Å². The van der Waals surface area contributed by atoms with Crippen molar-refractivity contribution in [1.29, 1.82) is 0 Å². The van der Waals surface area contributed by atoms with E-state index in [9.17, 15) is 9.59 Å². The number of nitrogens with zero attached hydrogens (tertiary/aromatic N) is 1. The number of amides is 1. The van der Waals surface area contributed by atoms with E-state index in [-0.39, 0.29) is 11.8 Å². The Morgan fingerprint density at radius 2 is 1.70 bits per heavy atom. The number of rotatable bonds is 5. The number of nitrogens with one attached hydrogen (secondary N) is 1. The molecule has 1 saturated heterocycles. The maximum Gasteiger partial charge on any atom is 0.306 e. The summed E-state index contributed by atoms with van der Waals surface area (Å²) in [6.45, 7) is 3.30. The van der Waals surface area contributed by atoms with E-state index < -0.39 is 5.97 Å². The van der Waals surface area contributed by atoms with E-state index in [2.05, 4.69) is 10.2 Å². The first-order valence-electron chi connectivity index (χ1n) is 7.87. The summed E-state index contributed by atoms with van der Waals surface area (Å²) in [5, 5.41) is 12.0. The van der Waals surface area contributed by atoms with Crippen LogP contribution in [0.5, 0.6) is 0 Å². The summed E-state index contributed by atoms with van der Waals surface area (Å²) in [7, 11) is 0. The molecule has 5 nitrogen and oxygen atoms in total. The molecule has 0 spiro atoms. The summed E-state index contributed by atoms with van der Waals surface area (Å²) in [6, 6.07) is 0. The van der Waals surface area contributed by atoms with E-state index >= 15 is 0 Å². The van der Waals surface area contributed by atoms with Gasteiger partial charge in [-0.2, -0.15) is 0 Å². The van der Waals surface area contributed by atoms with Crippen molar-refractivity contribution in [3.8, 4) is 0 Å².